The minimum Gasteiger partial charge on any atom is -0.331 e. The Bertz CT molecular complexity index is 43.0. The van der Waals surface area contributed by atoms with Gasteiger partial charge in [-0.1, -0.05) is 6.92 Å². The number of rotatable bonds is 0. The monoisotopic (exact) mass is 123 g/mol. The number of nitrogens with two attached hydrogens (primary N) is 1. The molecule has 2 nitrogen and oxygen atoms in total. The zero-order valence-electron chi connectivity index (χ0n) is 5.10. The lowest BCUT2D eigenvalue weighted by atomic mass is 10.8. The Hall–Kier alpha value is 0.110. The predicted molar refractivity (Wildman–Crippen MR) is 34.7 cm³/mol. The normalized spacial score (nSPS) is 7.57. The molecule has 0 aliphatic rings. The fourth-order valence-corrected chi connectivity index (χ4v) is 0. The van der Waals surface area contributed by atoms with Gasteiger partial charge in [-0.3, -0.25) is 4.21 Å². The maximum Gasteiger partial charge on any atom is 0.0148 e. The summed E-state index contributed by atoms with van der Waals surface area (Å²) >= 11 is 0. The molecule has 0 saturated heterocycles. The zero-order chi connectivity index (χ0) is 6.28. The van der Waals surface area contributed by atoms with Gasteiger partial charge >= 0.3 is 0 Å². The van der Waals surface area contributed by atoms with E-state index in [1.807, 2.05) is 6.92 Å². The molecule has 0 unspecified atom stereocenters. The van der Waals surface area contributed by atoms with Gasteiger partial charge in [-0.05, 0) is 6.54 Å². The lowest BCUT2D eigenvalue weighted by Crippen LogP contribution is -1.87. The molecular formula is C4H13NOS. The van der Waals surface area contributed by atoms with Crippen LogP contribution in [0, 0.1) is 0 Å². The first-order valence-electron chi connectivity index (χ1n) is 2.10. The Morgan fingerprint density at radius 2 is 1.57 bits per heavy atom. The van der Waals surface area contributed by atoms with E-state index in [1.165, 1.54) is 0 Å². The molecule has 46 valence electrons. The van der Waals surface area contributed by atoms with Crippen molar-refractivity contribution >= 4 is 10.8 Å². The molecule has 0 rings (SSSR count). The largest absolute Gasteiger partial charge is 0.331 e. The Morgan fingerprint density at radius 3 is 1.57 bits per heavy atom. The molecule has 0 spiro atoms. The van der Waals surface area contributed by atoms with Crippen molar-refractivity contribution in [3.05, 3.63) is 0 Å². The molecule has 3 heteroatoms. The van der Waals surface area contributed by atoms with Gasteiger partial charge in [0, 0.05) is 23.3 Å². The summed E-state index contributed by atoms with van der Waals surface area (Å²) in [5.74, 6) is 0. The van der Waals surface area contributed by atoms with E-state index in [-0.39, 0.29) is 0 Å². The number of hydrogen-bond acceptors (Lipinski definition) is 2. The van der Waals surface area contributed by atoms with Crippen LogP contribution in [0.15, 0.2) is 0 Å². The first-order valence-corrected chi connectivity index (χ1v) is 4.06. The van der Waals surface area contributed by atoms with Crippen molar-refractivity contribution in [2.24, 2.45) is 5.73 Å². The average Bonchev–Trinajstić information content (AvgIpc) is 1.33. The molecule has 0 amide bonds. The number of hydrogen-bond donors (Lipinski definition) is 1. The molecule has 0 saturated carbocycles. The van der Waals surface area contributed by atoms with Crippen molar-refractivity contribution in [1.29, 1.82) is 0 Å². The van der Waals surface area contributed by atoms with Crippen molar-refractivity contribution < 1.29 is 4.21 Å². The second-order valence-corrected chi connectivity index (χ2v) is 2.63. The van der Waals surface area contributed by atoms with E-state index in [1.54, 1.807) is 12.5 Å². The Balaban J connectivity index is 0. The van der Waals surface area contributed by atoms with Gasteiger partial charge in [-0.25, -0.2) is 0 Å². The fraction of sp³-hybridized carbons (Fsp3) is 1.00. The van der Waals surface area contributed by atoms with Gasteiger partial charge in [0.2, 0.25) is 0 Å². The summed E-state index contributed by atoms with van der Waals surface area (Å²) in [5.41, 5.74) is 4.85. The quantitative estimate of drug-likeness (QED) is 0.491. The second-order valence-electron chi connectivity index (χ2n) is 1.15. The van der Waals surface area contributed by atoms with E-state index in [4.69, 9.17) is 5.73 Å². The highest BCUT2D eigenvalue weighted by atomic mass is 32.2. The molecule has 0 radical (unpaired) electrons. The molecule has 0 aliphatic carbocycles. The average molecular weight is 123 g/mol. The van der Waals surface area contributed by atoms with E-state index in [0.717, 1.165) is 6.54 Å². The fourth-order valence-electron chi connectivity index (χ4n) is 0. The summed E-state index contributed by atoms with van der Waals surface area (Å²) in [4.78, 5) is 0. The zero-order valence-corrected chi connectivity index (χ0v) is 5.92. The van der Waals surface area contributed by atoms with Gasteiger partial charge < -0.3 is 5.73 Å². The van der Waals surface area contributed by atoms with Gasteiger partial charge in [-0.2, -0.15) is 0 Å². The molecule has 0 heterocycles. The summed E-state index contributed by atoms with van der Waals surface area (Å²) in [5, 5.41) is 0. The highest BCUT2D eigenvalue weighted by molar-refractivity contribution is 7.83. The molecule has 0 fully saturated rings. The van der Waals surface area contributed by atoms with E-state index in [2.05, 4.69) is 0 Å². The molecule has 7 heavy (non-hydrogen) atoms. The molecule has 2 N–H and O–H groups in total. The summed E-state index contributed by atoms with van der Waals surface area (Å²) in [6.45, 7) is 2.65. The molecule has 0 atom stereocenters. The molecular weight excluding hydrogens is 110 g/mol. The SMILES string of the molecule is CCN.CS(C)=O. The van der Waals surface area contributed by atoms with E-state index >= 15 is 0 Å². The summed E-state index contributed by atoms with van der Waals surface area (Å²) in [6.07, 6.45) is 3.28. The third-order valence-corrected chi connectivity index (χ3v) is 0. The first kappa shape index (κ1) is 10.2. The Morgan fingerprint density at radius 1 is 1.57 bits per heavy atom. The maximum atomic E-state index is 9.56. The van der Waals surface area contributed by atoms with Crippen LogP contribution < -0.4 is 5.73 Å². The Kier molecular flexibility index (Phi) is 13.7. The van der Waals surface area contributed by atoms with Crippen LogP contribution in [-0.2, 0) is 10.8 Å². The third-order valence-electron chi connectivity index (χ3n) is 0. The van der Waals surface area contributed by atoms with E-state index in [9.17, 15) is 4.21 Å². The molecule has 0 aromatic carbocycles. The van der Waals surface area contributed by atoms with E-state index < -0.39 is 10.8 Å². The minimum absolute atomic E-state index is 0.611. The van der Waals surface area contributed by atoms with Gasteiger partial charge in [0.25, 0.3) is 0 Å². The minimum atomic E-state index is -0.611. The predicted octanol–water partition coefficient (Wildman–Crippen LogP) is -0.0403. The maximum absolute atomic E-state index is 9.56. The van der Waals surface area contributed by atoms with Gasteiger partial charge in [0.05, 0.1) is 0 Å². The third kappa shape index (κ3) is 8530. The molecule has 0 aromatic heterocycles. The van der Waals surface area contributed by atoms with Crippen LogP contribution in [0.1, 0.15) is 6.92 Å². The van der Waals surface area contributed by atoms with Gasteiger partial charge in [-0.15, -0.1) is 0 Å². The Labute approximate surface area is 47.6 Å². The lowest BCUT2D eigenvalue weighted by molar-refractivity contribution is 0.690. The van der Waals surface area contributed by atoms with Crippen LogP contribution in [0.25, 0.3) is 0 Å². The van der Waals surface area contributed by atoms with Crippen LogP contribution in [0.5, 0.6) is 0 Å². The molecule has 0 aliphatic heterocycles. The van der Waals surface area contributed by atoms with Crippen LogP contribution in [0.3, 0.4) is 0 Å². The van der Waals surface area contributed by atoms with Crippen LogP contribution in [0.2, 0.25) is 0 Å². The van der Waals surface area contributed by atoms with E-state index in [0.29, 0.717) is 0 Å². The summed E-state index contributed by atoms with van der Waals surface area (Å²) < 4.78 is 9.56. The van der Waals surface area contributed by atoms with Crippen molar-refractivity contribution in [1.82, 2.24) is 0 Å². The van der Waals surface area contributed by atoms with Crippen molar-refractivity contribution in [3.63, 3.8) is 0 Å². The van der Waals surface area contributed by atoms with Crippen molar-refractivity contribution in [3.8, 4) is 0 Å². The van der Waals surface area contributed by atoms with Crippen molar-refractivity contribution in [2.45, 2.75) is 6.92 Å². The second kappa shape index (κ2) is 9.44. The lowest BCUT2D eigenvalue weighted by Gasteiger charge is -1.60. The molecule has 0 aromatic rings. The summed E-state index contributed by atoms with van der Waals surface area (Å²) in [6, 6.07) is 0. The van der Waals surface area contributed by atoms with Crippen LogP contribution in [0.4, 0.5) is 0 Å². The standard InChI is InChI=1S/C2H7N.C2H6OS/c1-2-3;1-4(2)3/h2-3H2,1H3;1-2H3. The topological polar surface area (TPSA) is 43.1 Å². The van der Waals surface area contributed by atoms with Gasteiger partial charge in [0.1, 0.15) is 0 Å². The highest BCUT2D eigenvalue weighted by Crippen LogP contribution is 1.47. The van der Waals surface area contributed by atoms with Crippen molar-refractivity contribution in [2.75, 3.05) is 19.1 Å². The van der Waals surface area contributed by atoms with Gasteiger partial charge in [0.15, 0.2) is 0 Å². The molecule has 0 bridgehead atoms. The summed E-state index contributed by atoms with van der Waals surface area (Å²) in [7, 11) is -0.611. The smallest absolute Gasteiger partial charge is 0.0148 e. The highest BCUT2D eigenvalue weighted by Gasteiger charge is 1.57. The first-order chi connectivity index (χ1) is 3.15. The van der Waals surface area contributed by atoms with Crippen LogP contribution in [-0.4, -0.2) is 23.3 Å². The van der Waals surface area contributed by atoms with Crippen LogP contribution >= 0.6 is 0 Å².